The maximum atomic E-state index is 14.4. The molecule has 0 bridgehead atoms. The van der Waals surface area contributed by atoms with Crippen molar-refractivity contribution in [2.75, 3.05) is 33.5 Å². The summed E-state index contributed by atoms with van der Waals surface area (Å²) in [6, 6.07) is 13.7. The second-order valence-electron chi connectivity index (χ2n) is 17.3. The van der Waals surface area contributed by atoms with E-state index in [1.165, 1.54) is 7.11 Å². The maximum absolute atomic E-state index is 14.4. The molecule has 4 unspecified atom stereocenters. The highest BCUT2D eigenvalue weighted by molar-refractivity contribution is 6.07. The summed E-state index contributed by atoms with van der Waals surface area (Å²) >= 11 is 0. The molecule has 3 fully saturated rings. The molecule has 9 rings (SSSR count). The molecule has 6 heterocycles. The van der Waals surface area contributed by atoms with E-state index < -0.39 is 12.1 Å². The van der Waals surface area contributed by atoms with E-state index >= 15 is 0 Å². The Morgan fingerprint density at radius 2 is 1.74 bits per heavy atom. The number of aromatic amines is 2. The second kappa shape index (κ2) is 17.9. The lowest BCUT2D eigenvalue weighted by atomic mass is 9.90. The fourth-order valence-electron chi connectivity index (χ4n) is 9.84. The van der Waals surface area contributed by atoms with Crippen LogP contribution in [-0.4, -0.2) is 88.4 Å². The van der Waals surface area contributed by atoms with Crippen LogP contribution in [0.1, 0.15) is 107 Å². The van der Waals surface area contributed by atoms with Crippen LogP contribution < -0.4 is 15.4 Å². The number of rotatable bonds is 12. The third-order valence-corrected chi connectivity index (χ3v) is 13.3. The van der Waals surface area contributed by atoms with Crippen LogP contribution in [0.25, 0.3) is 44.2 Å². The van der Waals surface area contributed by atoms with Crippen molar-refractivity contribution in [1.82, 2.24) is 35.5 Å². The topological polar surface area (TPSA) is 173 Å². The van der Waals surface area contributed by atoms with Crippen LogP contribution in [0.15, 0.2) is 48.7 Å². The molecule has 4 atom stereocenters. The van der Waals surface area contributed by atoms with E-state index in [1.807, 2.05) is 11.1 Å². The normalized spacial score (nSPS) is 20.5. The number of amides is 3. The summed E-state index contributed by atoms with van der Waals surface area (Å²) in [6.07, 6.45) is 9.43. The molecule has 3 amide bonds. The summed E-state index contributed by atoms with van der Waals surface area (Å²) in [5.74, 6) is 2.58. The largest absolute Gasteiger partial charge is 0.488 e. The number of benzene rings is 3. The van der Waals surface area contributed by atoms with Gasteiger partial charge in [0.05, 0.1) is 42.1 Å². The Balaban J connectivity index is 0.951. The zero-order chi connectivity index (χ0) is 42.0. The molecular formula is C47H57N7O7. The van der Waals surface area contributed by atoms with Crippen molar-refractivity contribution in [2.45, 2.75) is 109 Å². The zero-order valence-electron chi connectivity index (χ0n) is 35.4. The molecule has 0 spiro atoms. The van der Waals surface area contributed by atoms with Crippen LogP contribution >= 0.6 is 0 Å². The number of nitrogens with one attached hydrogen (secondary N) is 4. The number of ether oxygens (including phenoxy) is 4. The summed E-state index contributed by atoms with van der Waals surface area (Å²) in [4.78, 5) is 58.9. The number of imidazole rings is 2. The van der Waals surface area contributed by atoms with Crippen molar-refractivity contribution in [3.05, 3.63) is 65.9 Å². The van der Waals surface area contributed by atoms with Crippen molar-refractivity contribution in [3.8, 4) is 28.1 Å². The highest BCUT2D eigenvalue weighted by Crippen LogP contribution is 2.44. The Morgan fingerprint density at radius 1 is 0.934 bits per heavy atom. The number of fused-ring (bicyclic) bond motifs is 6. The van der Waals surface area contributed by atoms with Gasteiger partial charge in [0.15, 0.2) is 0 Å². The Hall–Kier alpha value is -5.47. The van der Waals surface area contributed by atoms with Crippen molar-refractivity contribution >= 4 is 39.7 Å². The number of likely N-dealkylation sites (tertiary alicyclic amines) is 1. The summed E-state index contributed by atoms with van der Waals surface area (Å²) in [6.45, 7) is 7.20. The predicted molar refractivity (Wildman–Crippen MR) is 231 cm³/mol. The molecule has 3 saturated heterocycles. The summed E-state index contributed by atoms with van der Waals surface area (Å²) < 4.78 is 22.5. The van der Waals surface area contributed by atoms with Gasteiger partial charge in [-0.25, -0.2) is 14.8 Å². The molecule has 0 saturated carbocycles. The fourth-order valence-corrected chi connectivity index (χ4v) is 9.84. The lowest BCUT2D eigenvalue weighted by Crippen LogP contribution is -2.54. The van der Waals surface area contributed by atoms with E-state index in [2.05, 4.69) is 76.9 Å². The molecule has 4 aliphatic rings. The summed E-state index contributed by atoms with van der Waals surface area (Å²) in [5, 5.41) is 8.14. The second-order valence-corrected chi connectivity index (χ2v) is 17.3. The molecule has 61 heavy (non-hydrogen) atoms. The van der Waals surface area contributed by atoms with Crippen LogP contribution in [0.2, 0.25) is 0 Å². The number of H-pyrrole nitrogens is 2. The van der Waals surface area contributed by atoms with E-state index in [0.717, 1.165) is 125 Å². The van der Waals surface area contributed by atoms with Crippen LogP contribution in [0.5, 0.6) is 5.75 Å². The first-order valence-electron chi connectivity index (χ1n) is 22.2. The van der Waals surface area contributed by atoms with Gasteiger partial charge in [-0.2, -0.15) is 0 Å². The van der Waals surface area contributed by atoms with Gasteiger partial charge in [0.1, 0.15) is 30.0 Å². The summed E-state index contributed by atoms with van der Waals surface area (Å²) in [7, 11) is 1.32. The molecule has 322 valence electrons. The number of methoxy groups -OCH3 is 1. The number of aromatic nitrogens is 4. The monoisotopic (exact) mass is 831 g/mol. The zero-order valence-corrected chi connectivity index (χ0v) is 35.4. The average Bonchev–Trinajstić information content (AvgIpc) is 4.05. The van der Waals surface area contributed by atoms with Gasteiger partial charge in [-0.1, -0.05) is 38.0 Å². The lowest BCUT2D eigenvalue weighted by Gasteiger charge is -2.36. The molecule has 3 aromatic carbocycles. The first kappa shape index (κ1) is 40.9. The number of carbonyl (C=O) groups is 3. The van der Waals surface area contributed by atoms with Crippen LogP contribution in [0.4, 0.5) is 4.79 Å². The molecule has 2 aromatic heterocycles. The van der Waals surface area contributed by atoms with E-state index in [0.29, 0.717) is 45.0 Å². The number of nitrogens with zero attached hydrogens (tertiary/aromatic N) is 3. The molecule has 14 nitrogen and oxygen atoms in total. The molecule has 5 aromatic rings. The Kier molecular flexibility index (Phi) is 12.0. The highest BCUT2D eigenvalue weighted by Gasteiger charge is 2.43. The van der Waals surface area contributed by atoms with Crippen LogP contribution in [-0.2, 0) is 30.4 Å². The first-order chi connectivity index (χ1) is 29.8. The standard InChI is InChI=1S/C47H57N7O7/c1-4-5-6-37(49-41(55)21-28-13-17-59-18-14-28)44-48-25-38(51-44)31-8-10-33-32(22-31)26-61-40-24-34-30(23-35(33)40)9-11-36-43(34)52-45(50-36)39-12-7-27(2)54(39)46(56)42(53-47(57)58-3)29-15-19-60-20-16-29/h8-11,22-25,27-29,37,39,42H,4-7,12-21,26H2,1-3H3,(H,48,51)(H,49,55)(H,50,52)(H,53,57). The van der Waals surface area contributed by atoms with E-state index in [1.54, 1.807) is 0 Å². The van der Waals surface area contributed by atoms with E-state index in [4.69, 9.17) is 28.9 Å². The van der Waals surface area contributed by atoms with Crippen molar-refractivity contribution in [3.63, 3.8) is 0 Å². The molecular weight excluding hydrogens is 775 g/mol. The third-order valence-electron chi connectivity index (χ3n) is 13.3. The molecule has 0 radical (unpaired) electrons. The van der Waals surface area contributed by atoms with E-state index in [9.17, 15) is 14.4 Å². The van der Waals surface area contributed by atoms with E-state index in [-0.39, 0.29) is 35.9 Å². The molecule has 14 heteroatoms. The smallest absolute Gasteiger partial charge is 0.407 e. The van der Waals surface area contributed by atoms with Gasteiger partial charge >= 0.3 is 6.09 Å². The van der Waals surface area contributed by atoms with Gasteiger partial charge in [-0.15, -0.1) is 0 Å². The Bertz CT molecular complexity index is 2400. The Labute approximate surface area is 355 Å². The van der Waals surface area contributed by atoms with Gasteiger partial charge < -0.3 is 44.4 Å². The maximum Gasteiger partial charge on any atom is 0.407 e. The van der Waals surface area contributed by atoms with Gasteiger partial charge in [0.2, 0.25) is 11.8 Å². The minimum absolute atomic E-state index is 0.0248. The van der Waals surface area contributed by atoms with Crippen molar-refractivity contribution in [2.24, 2.45) is 11.8 Å². The van der Waals surface area contributed by atoms with Gasteiger partial charge in [0, 0.05) is 49.8 Å². The number of hydrogen-bond donors (Lipinski definition) is 4. The lowest BCUT2D eigenvalue weighted by molar-refractivity contribution is -0.138. The number of alkyl carbamates (subject to hydrolysis) is 1. The Morgan fingerprint density at radius 3 is 2.52 bits per heavy atom. The van der Waals surface area contributed by atoms with Gasteiger partial charge in [-0.05, 0) is 110 Å². The van der Waals surface area contributed by atoms with Crippen LogP contribution in [0.3, 0.4) is 0 Å². The minimum Gasteiger partial charge on any atom is -0.488 e. The number of carbonyl (C=O) groups excluding carboxylic acids is 3. The van der Waals surface area contributed by atoms with Gasteiger partial charge in [0.25, 0.3) is 0 Å². The average molecular weight is 832 g/mol. The fraction of sp³-hybridized carbons (Fsp3) is 0.511. The molecule has 4 aliphatic heterocycles. The number of unbranched alkanes of at least 4 members (excludes halogenated alkanes) is 1. The number of hydrogen-bond acceptors (Lipinski definition) is 9. The summed E-state index contributed by atoms with van der Waals surface area (Å²) in [5.41, 5.74) is 6.83. The predicted octanol–water partition coefficient (Wildman–Crippen LogP) is 8.03. The van der Waals surface area contributed by atoms with Crippen molar-refractivity contribution < 1.29 is 33.3 Å². The molecule has 0 aliphatic carbocycles. The highest BCUT2D eigenvalue weighted by atomic mass is 16.5. The van der Waals surface area contributed by atoms with Crippen LogP contribution in [0, 0.1) is 11.8 Å². The first-order valence-corrected chi connectivity index (χ1v) is 22.2. The minimum atomic E-state index is -0.710. The third kappa shape index (κ3) is 8.44. The quantitative estimate of drug-likeness (QED) is 0.0971. The van der Waals surface area contributed by atoms with Crippen molar-refractivity contribution in [1.29, 1.82) is 0 Å². The SMILES string of the molecule is CCCCC(NC(=O)CC1CCOCC1)c1ncc(-c2ccc3c(c2)COc2cc4c(ccc5[nH]c(C6CCC(C)N6C(=O)C(NC(=O)OC)C6CCOCC6)nc54)cc2-3)[nH]1. The molecule has 4 N–H and O–H groups in total. The van der Waals surface area contributed by atoms with Gasteiger partial charge in [-0.3, -0.25) is 9.59 Å².